The van der Waals surface area contributed by atoms with Crippen LogP contribution in [0.15, 0.2) is 24.8 Å². The fourth-order valence-corrected chi connectivity index (χ4v) is 1.05. The summed E-state index contributed by atoms with van der Waals surface area (Å²) in [7, 11) is 0. The summed E-state index contributed by atoms with van der Waals surface area (Å²) in [6.45, 7) is 10.4. The minimum absolute atomic E-state index is 0.720. The van der Waals surface area contributed by atoms with Crippen LogP contribution in [-0.4, -0.2) is 0 Å². The fourth-order valence-electron chi connectivity index (χ4n) is 1.05. The molecule has 0 saturated heterocycles. The lowest BCUT2D eigenvalue weighted by atomic mass is 9.93. The minimum atomic E-state index is 0.720. The molecule has 0 aromatic heterocycles. The molecule has 1 atom stereocenters. The number of rotatable bonds is 4. The van der Waals surface area contributed by atoms with E-state index < -0.39 is 0 Å². The van der Waals surface area contributed by atoms with E-state index in [1.54, 1.807) is 0 Å². The maximum absolute atomic E-state index is 3.64. The summed E-state index contributed by atoms with van der Waals surface area (Å²) in [5.74, 6) is 1.47. The Morgan fingerprint density at radius 1 is 1.40 bits per heavy atom. The molecular formula is C10H18. The van der Waals surface area contributed by atoms with Crippen molar-refractivity contribution in [2.75, 3.05) is 0 Å². The van der Waals surface area contributed by atoms with Gasteiger partial charge in [-0.2, -0.15) is 0 Å². The van der Waals surface area contributed by atoms with Crippen molar-refractivity contribution in [2.24, 2.45) is 11.8 Å². The lowest BCUT2D eigenvalue weighted by molar-refractivity contribution is 0.453. The summed E-state index contributed by atoms with van der Waals surface area (Å²) in [4.78, 5) is 0. The zero-order chi connectivity index (χ0) is 7.98. The van der Waals surface area contributed by atoms with E-state index in [9.17, 15) is 0 Å². The molecule has 0 saturated carbocycles. The molecule has 0 aromatic rings. The van der Waals surface area contributed by atoms with Crippen molar-refractivity contribution in [1.29, 1.82) is 0 Å². The molecule has 0 bridgehead atoms. The Balaban J connectivity index is 3.82. The van der Waals surface area contributed by atoms with Crippen molar-refractivity contribution in [3.8, 4) is 0 Å². The molecule has 10 heavy (non-hydrogen) atoms. The highest BCUT2D eigenvalue weighted by Crippen LogP contribution is 2.15. The van der Waals surface area contributed by atoms with E-state index >= 15 is 0 Å². The van der Waals surface area contributed by atoms with E-state index in [1.807, 2.05) is 12.2 Å². The summed E-state index contributed by atoms with van der Waals surface area (Å²) in [6.07, 6.45) is 7.33. The molecule has 0 aliphatic heterocycles. The molecular weight excluding hydrogens is 120 g/mol. The van der Waals surface area contributed by atoms with Crippen LogP contribution in [0, 0.1) is 11.8 Å². The number of hydrogen-bond acceptors (Lipinski definition) is 0. The predicted octanol–water partition coefficient (Wildman–Crippen LogP) is 3.41. The Bertz CT molecular complexity index is 109. The summed E-state index contributed by atoms with van der Waals surface area (Å²) in [5, 5.41) is 0. The maximum Gasteiger partial charge on any atom is -0.0210 e. The number of allylic oxidation sites excluding steroid dienone is 3. The Hall–Kier alpha value is -0.520. The van der Waals surface area contributed by atoms with Crippen molar-refractivity contribution in [1.82, 2.24) is 0 Å². The van der Waals surface area contributed by atoms with Gasteiger partial charge in [0, 0.05) is 0 Å². The molecule has 1 unspecified atom stereocenters. The van der Waals surface area contributed by atoms with Crippen LogP contribution in [0.1, 0.15) is 27.2 Å². The lowest BCUT2D eigenvalue weighted by Gasteiger charge is -2.13. The normalized spacial score (nSPS) is 14.4. The van der Waals surface area contributed by atoms with Crippen LogP contribution in [0.25, 0.3) is 0 Å². The summed E-state index contributed by atoms with van der Waals surface area (Å²) in [6, 6.07) is 0. The van der Waals surface area contributed by atoms with Crippen LogP contribution in [-0.2, 0) is 0 Å². The molecule has 0 heteroatoms. The second-order valence-electron chi connectivity index (χ2n) is 2.94. The Morgan fingerprint density at radius 2 is 2.00 bits per heavy atom. The molecule has 0 amide bonds. The van der Waals surface area contributed by atoms with Crippen LogP contribution in [0.2, 0.25) is 0 Å². The van der Waals surface area contributed by atoms with Crippen molar-refractivity contribution in [3.05, 3.63) is 24.8 Å². The van der Waals surface area contributed by atoms with Crippen molar-refractivity contribution in [2.45, 2.75) is 27.2 Å². The smallest absolute Gasteiger partial charge is 0.0210 e. The van der Waals surface area contributed by atoms with E-state index in [0.29, 0.717) is 0 Å². The highest BCUT2D eigenvalue weighted by atomic mass is 14.1. The molecule has 0 aliphatic carbocycles. The molecule has 0 nitrogen and oxygen atoms in total. The van der Waals surface area contributed by atoms with Crippen molar-refractivity contribution >= 4 is 0 Å². The van der Waals surface area contributed by atoms with Gasteiger partial charge in [-0.05, 0) is 18.3 Å². The van der Waals surface area contributed by atoms with Gasteiger partial charge in [-0.15, -0.1) is 0 Å². The van der Waals surface area contributed by atoms with Gasteiger partial charge in [0.15, 0.2) is 0 Å². The van der Waals surface area contributed by atoms with E-state index in [0.717, 1.165) is 11.8 Å². The van der Waals surface area contributed by atoms with E-state index in [-0.39, 0.29) is 0 Å². The van der Waals surface area contributed by atoms with Crippen molar-refractivity contribution < 1.29 is 0 Å². The van der Waals surface area contributed by atoms with Gasteiger partial charge in [0.1, 0.15) is 0 Å². The van der Waals surface area contributed by atoms with Gasteiger partial charge in [0.2, 0.25) is 0 Å². The van der Waals surface area contributed by atoms with Gasteiger partial charge >= 0.3 is 0 Å². The van der Waals surface area contributed by atoms with Gasteiger partial charge in [0.05, 0.1) is 0 Å². The van der Waals surface area contributed by atoms with Crippen LogP contribution in [0.5, 0.6) is 0 Å². The molecule has 0 N–H and O–H groups in total. The quantitative estimate of drug-likeness (QED) is 0.522. The second-order valence-corrected chi connectivity index (χ2v) is 2.94. The van der Waals surface area contributed by atoms with Gasteiger partial charge in [0.25, 0.3) is 0 Å². The summed E-state index contributed by atoms with van der Waals surface area (Å²) < 4.78 is 0. The third kappa shape index (κ3) is 3.49. The Morgan fingerprint density at radius 3 is 2.30 bits per heavy atom. The molecule has 0 rings (SSSR count). The van der Waals surface area contributed by atoms with Crippen LogP contribution in [0.4, 0.5) is 0 Å². The molecule has 0 aromatic carbocycles. The zero-order valence-corrected chi connectivity index (χ0v) is 7.30. The Kier molecular flexibility index (Phi) is 5.00. The molecule has 0 spiro atoms. The monoisotopic (exact) mass is 138 g/mol. The van der Waals surface area contributed by atoms with Gasteiger partial charge in [-0.1, -0.05) is 45.6 Å². The standard InChI is InChI=1S/C10H18/c1-5-7-8-10(6-2)9(3)4/h5,7-10H,1,6H2,2-4H3. The van der Waals surface area contributed by atoms with E-state index in [2.05, 4.69) is 33.4 Å². The van der Waals surface area contributed by atoms with Gasteiger partial charge < -0.3 is 0 Å². The zero-order valence-electron chi connectivity index (χ0n) is 7.30. The highest BCUT2D eigenvalue weighted by Gasteiger charge is 2.04. The molecule has 0 radical (unpaired) electrons. The Labute approximate surface area is 64.6 Å². The summed E-state index contributed by atoms with van der Waals surface area (Å²) in [5.41, 5.74) is 0. The largest absolute Gasteiger partial charge is 0.0991 e. The maximum atomic E-state index is 3.64. The highest BCUT2D eigenvalue weighted by molar-refractivity contribution is 5.00. The van der Waals surface area contributed by atoms with Crippen molar-refractivity contribution in [3.63, 3.8) is 0 Å². The minimum Gasteiger partial charge on any atom is -0.0991 e. The van der Waals surface area contributed by atoms with Gasteiger partial charge in [-0.25, -0.2) is 0 Å². The lowest BCUT2D eigenvalue weighted by Crippen LogP contribution is -2.02. The first-order valence-corrected chi connectivity index (χ1v) is 4.01. The average Bonchev–Trinajstić information content (AvgIpc) is 1.89. The topological polar surface area (TPSA) is 0 Å². The SMILES string of the molecule is C=CC=CC(CC)C(C)C. The van der Waals surface area contributed by atoms with Crippen LogP contribution >= 0.6 is 0 Å². The predicted molar refractivity (Wildman–Crippen MR) is 48.0 cm³/mol. The van der Waals surface area contributed by atoms with Crippen LogP contribution < -0.4 is 0 Å². The molecule has 0 heterocycles. The molecule has 0 fully saturated rings. The first-order chi connectivity index (χ1) is 4.72. The average molecular weight is 138 g/mol. The summed E-state index contributed by atoms with van der Waals surface area (Å²) >= 11 is 0. The van der Waals surface area contributed by atoms with E-state index in [1.165, 1.54) is 6.42 Å². The fraction of sp³-hybridized carbons (Fsp3) is 0.600. The van der Waals surface area contributed by atoms with Crippen LogP contribution in [0.3, 0.4) is 0 Å². The second kappa shape index (κ2) is 5.28. The number of hydrogen-bond donors (Lipinski definition) is 0. The first kappa shape index (κ1) is 9.48. The third-order valence-corrected chi connectivity index (χ3v) is 1.82. The first-order valence-electron chi connectivity index (χ1n) is 4.01. The van der Waals surface area contributed by atoms with E-state index in [4.69, 9.17) is 0 Å². The molecule has 0 aliphatic rings. The third-order valence-electron chi connectivity index (χ3n) is 1.82. The van der Waals surface area contributed by atoms with Gasteiger partial charge in [-0.3, -0.25) is 0 Å². The molecule has 58 valence electrons.